The number of anilines is 1. The van der Waals surface area contributed by atoms with Crippen molar-refractivity contribution in [1.29, 1.82) is 5.26 Å². The van der Waals surface area contributed by atoms with Gasteiger partial charge in [-0.25, -0.2) is 4.79 Å². The van der Waals surface area contributed by atoms with Crippen molar-refractivity contribution in [2.24, 2.45) is 5.73 Å². The Morgan fingerprint density at radius 1 is 1.50 bits per heavy atom. The molecule has 1 aromatic carbocycles. The van der Waals surface area contributed by atoms with Crippen molar-refractivity contribution in [2.45, 2.75) is 6.92 Å². The van der Waals surface area contributed by atoms with E-state index in [1.165, 1.54) is 0 Å². The van der Waals surface area contributed by atoms with Crippen LogP contribution in [0.25, 0.3) is 0 Å². The Bertz CT molecular complexity index is 422. The van der Waals surface area contributed by atoms with Gasteiger partial charge in [0.2, 0.25) is 0 Å². The highest BCUT2D eigenvalue weighted by atomic mass is 16.2. The predicted octanol–water partition coefficient (Wildman–Crippen LogP) is 0.947. The second kappa shape index (κ2) is 5.61. The number of nitrogens with two attached hydrogens (primary N) is 1. The Hall–Kier alpha value is -2.22. The number of benzene rings is 1. The fourth-order valence-corrected chi connectivity index (χ4v) is 1.37. The van der Waals surface area contributed by atoms with E-state index in [-0.39, 0.29) is 0 Å². The number of hydrogen-bond donors (Lipinski definition) is 3. The lowest BCUT2D eigenvalue weighted by molar-refractivity contribution is 0.249. The summed E-state index contributed by atoms with van der Waals surface area (Å²) in [6.45, 7) is 2.88. The minimum Gasteiger partial charge on any atom is -0.382 e. The first-order chi connectivity index (χ1) is 7.65. The maximum absolute atomic E-state index is 10.4. The number of carbonyl (C=O) groups excluding carboxylic acids is 1. The van der Waals surface area contributed by atoms with Gasteiger partial charge in [-0.05, 0) is 18.6 Å². The van der Waals surface area contributed by atoms with Crippen molar-refractivity contribution in [1.82, 2.24) is 5.32 Å². The van der Waals surface area contributed by atoms with Gasteiger partial charge in [-0.3, -0.25) is 0 Å². The average molecular weight is 218 g/mol. The molecule has 16 heavy (non-hydrogen) atoms. The Balaban J connectivity index is 2.60. The molecule has 0 saturated carbocycles. The zero-order chi connectivity index (χ0) is 12.0. The third-order valence-electron chi connectivity index (χ3n) is 2.12. The summed E-state index contributed by atoms with van der Waals surface area (Å²) in [5.74, 6) is 0. The van der Waals surface area contributed by atoms with Gasteiger partial charge in [-0.1, -0.05) is 12.1 Å². The van der Waals surface area contributed by atoms with Gasteiger partial charge in [0.15, 0.2) is 0 Å². The quantitative estimate of drug-likeness (QED) is 0.657. The van der Waals surface area contributed by atoms with Crippen LogP contribution in [0.1, 0.15) is 11.1 Å². The summed E-state index contributed by atoms with van der Waals surface area (Å²) < 4.78 is 0. The van der Waals surface area contributed by atoms with E-state index in [2.05, 4.69) is 16.7 Å². The normalized spacial score (nSPS) is 9.25. The minimum absolute atomic E-state index is 0.425. The summed E-state index contributed by atoms with van der Waals surface area (Å²) in [7, 11) is 0. The van der Waals surface area contributed by atoms with Gasteiger partial charge in [-0.2, -0.15) is 5.26 Å². The molecule has 1 rings (SSSR count). The van der Waals surface area contributed by atoms with Crippen LogP contribution >= 0.6 is 0 Å². The van der Waals surface area contributed by atoms with Gasteiger partial charge in [0.05, 0.1) is 11.3 Å². The third kappa shape index (κ3) is 3.17. The highest BCUT2D eigenvalue weighted by molar-refractivity contribution is 5.71. The number of carbonyl (C=O) groups is 1. The van der Waals surface area contributed by atoms with Crippen LogP contribution in [-0.4, -0.2) is 19.1 Å². The summed E-state index contributed by atoms with van der Waals surface area (Å²) in [4.78, 5) is 10.4. The minimum atomic E-state index is -0.549. The van der Waals surface area contributed by atoms with Crippen LogP contribution in [0.4, 0.5) is 10.5 Å². The molecule has 1 aromatic rings. The molecule has 0 aliphatic rings. The summed E-state index contributed by atoms with van der Waals surface area (Å²) in [5.41, 5.74) is 7.32. The van der Waals surface area contributed by atoms with Gasteiger partial charge < -0.3 is 16.4 Å². The largest absolute Gasteiger partial charge is 0.382 e. The molecule has 0 fully saturated rings. The van der Waals surface area contributed by atoms with E-state index in [9.17, 15) is 4.79 Å². The third-order valence-corrected chi connectivity index (χ3v) is 2.12. The Labute approximate surface area is 94.2 Å². The number of amides is 2. The van der Waals surface area contributed by atoms with Crippen molar-refractivity contribution in [3.8, 4) is 6.07 Å². The summed E-state index contributed by atoms with van der Waals surface area (Å²) in [5, 5.41) is 14.5. The van der Waals surface area contributed by atoms with Crippen molar-refractivity contribution >= 4 is 11.7 Å². The van der Waals surface area contributed by atoms with E-state index in [4.69, 9.17) is 11.0 Å². The molecule has 4 N–H and O–H groups in total. The SMILES string of the molecule is Cc1cccc(C#N)c1NCCNC(N)=O. The van der Waals surface area contributed by atoms with Crippen LogP contribution in [-0.2, 0) is 0 Å². The zero-order valence-electron chi connectivity index (χ0n) is 9.08. The van der Waals surface area contributed by atoms with Crippen molar-refractivity contribution < 1.29 is 4.79 Å². The average Bonchev–Trinajstić information content (AvgIpc) is 2.25. The van der Waals surface area contributed by atoms with E-state index in [1.807, 2.05) is 19.1 Å². The second-order valence-corrected chi connectivity index (χ2v) is 3.33. The van der Waals surface area contributed by atoms with Crippen molar-refractivity contribution in [2.75, 3.05) is 18.4 Å². The highest BCUT2D eigenvalue weighted by Gasteiger charge is 2.03. The molecule has 5 heteroatoms. The van der Waals surface area contributed by atoms with Crippen LogP contribution in [0.15, 0.2) is 18.2 Å². The van der Waals surface area contributed by atoms with E-state index < -0.39 is 6.03 Å². The lowest BCUT2D eigenvalue weighted by Crippen LogP contribution is -2.33. The van der Waals surface area contributed by atoms with E-state index in [0.29, 0.717) is 18.7 Å². The lowest BCUT2D eigenvalue weighted by atomic mass is 10.1. The van der Waals surface area contributed by atoms with Crippen molar-refractivity contribution in [3.63, 3.8) is 0 Å². The van der Waals surface area contributed by atoms with Crippen LogP contribution in [0, 0.1) is 18.3 Å². The van der Waals surface area contributed by atoms with Crippen LogP contribution in [0.2, 0.25) is 0 Å². The predicted molar refractivity (Wildman–Crippen MR) is 62.0 cm³/mol. The topological polar surface area (TPSA) is 90.9 Å². The fourth-order valence-electron chi connectivity index (χ4n) is 1.37. The zero-order valence-corrected chi connectivity index (χ0v) is 9.08. The molecule has 0 spiro atoms. The van der Waals surface area contributed by atoms with Gasteiger partial charge in [0.1, 0.15) is 6.07 Å². The highest BCUT2D eigenvalue weighted by Crippen LogP contribution is 2.18. The molecule has 0 saturated heterocycles. The Morgan fingerprint density at radius 2 is 2.25 bits per heavy atom. The molecule has 0 bridgehead atoms. The standard InChI is InChI=1S/C11H14N4O/c1-8-3-2-4-9(7-12)10(8)14-5-6-15-11(13)16/h2-4,14H,5-6H2,1H3,(H3,13,15,16). The molecule has 84 valence electrons. The van der Waals surface area contributed by atoms with Crippen LogP contribution < -0.4 is 16.4 Å². The maximum atomic E-state index is 10.4. The molecule has 0 aliphatic carbocycles. The Kier molecular flexibility index (Phi) is 4.16. The molecule has 0 aliphatic heterocycles. The molecule has 5 nitrogen and oxygen atoms in total. The number of nitrogens with zero attached hydrogens (tertiary/aromatic N) is 1. The van der Waals surface area contributed by atoms with Gasteiger partial charge in [-0.15, -0.1) is 0 Å². The molecule has 2 amide bonds. The van der Waals surface area contributed by atoms with E-state index in [0.717, 1.165) is 11.3 Å². The number of primary amides is 1. The Morgan fingerprint density at radius 3 is 2.88 bits per heavy atom. The molecule has 0 unspecified atom stereocenters. The van der Waals surface area contributed by atoms with Crippen LogP contribution in [0.3, 0.4) is 0 Å². The molecular weight excluding hydrogens is 204 g/mol. The number of urea groups is 1. The first kappa shape index (κ1) is 11.9. The molecule has 0 heterocycles. The second-order valence-electron chi connectivity index (χ2n) is 3.33. The first-order valence-electron chi connectivity index (χ1n) is 4.92. The number of nitrogens with one attached hydrogen (secondary N) is 2. The molecule has 0 aromatic heterocycles. The number of nitriles is 1. The summed E-state index contributed by atoms with van der Waals surface area (Å²) >= 11 is 0. The van der Waals surface area contributed by atoms with Crippen LogP contribution in [0.5, 0.6) is 0 Å². The molecule has 0 atom stereocenters. The lowest BCUT2D eigenvalue weighted by Gasteiger charge is -2.11. The molecular formula is C11H14N4O. The monoisotopic (exact) mass is 218 g/mol. The maximum Gasteiger partial charge on any atom is 0.312 e. The summed E-state index contributed by atoms with van der Waals surface area (Å²) in [6.07, 6.45) is 0. The number of para-hydroxylation sites is 1. The van der Waals surface area contributed by atoms with E-state index in [1.54, 1.807) is 6.07 Å². The van der Waals surface area contributed by atoms with Crippen molar-refractivity contribution in [3.05, 3.63) is 29.3 Å². The number of rotatable bonds is 4. The van der Waals surface area contributed by atoms with Gasteiger partial charge in [0.25, 0.3) is 0 Å². The smallest absolute Gasteiger partial charge is 0.312 e. The van der Waals surface area contributed by atoms with E-state index >= 15 is 0 Å². The van der Waals surface area contributed by atoms with Gasteiger partial charge in [0, 0.05) is 13.1 Å². The fraction of sp³-hybridized carbons (Fsp3) is 0.273. The molecule has 0 radical (unpaired) electrons. The van der Waals surface area contributed by atoms with Gasteiger partial charge >= 0.3 is 6.03 Å². The first-order valence-corrected chi connectivity index (χ1v) is 4.92. The number of hydrogen-bond acceptors (Lipinski definition) is 3. The summed E-state index contributed by atoms with van der Waals surface area (Å²) in [6, 6.07) is 7.06. The number of aryl methyl sites for hydroxylation is 1.